The molecule has 1 fully saturated rings. The molecule has 7 heteroatoms. The van der Waals surface area contributed by atoms with Crippen LogP contribution in [-0.2, 0) is 22.6 Å². The molecule has 1 aliphatic heterocycles. The highest BCUT2D eigenvalue weighted by molar-refractivity contribution is 5.71. The lowest BCUT2D eigenvalue weighted by Gasteiger charge is -2.32. The van der Waals surface area contributed by atoms with Crippen LogP contribution in [0.4, 0.5) is 0 Å². The molecule has 7 nitrogen and oxygen atoms in total. The van der Waals surface area contributed by atoms with E-state index in [0.717, 1.165) is 24.2 Å². The molecular formula is C24H31N3O4. The average Bonchev–Trinajstić information content (AvgIpc) is 2.94. The number of nitrogens with zero attached hydrogens (tertiary/aromatic N) is 3. The Hall–Kier alpha value is -2.77. The molecule has 0 amide bonds. The van der Waals surface area contributed by atoms with Gasteiger partial charge in [0.15, 0.2) is 0 Å². The van der Waals surface area contributed by atoms with Crippen molar-refractivity contribution in [2.45, 2.75) is 32.0 Å². The fourth-order valence-corrected chi connectivity index (χ4v) is 4.45. The van der Waals surface area contributed by atoms with Crippen LogP contribution in [0.1, 0.15) is 24.5 Å². The number of esters is 1. The molecule has 166 valence electrons. The lowest BCUT2D eigenvalue weighted by molar-refractivity contribution is -0.572. The third-order valence-electron chi connectivity index (χ3n) is 5.94. The summed E-state index contributed by atoms with van der Waals surface area (Å²) in [6.07, 6.45) is 0.142. The first kappa shape index (κ1) is 22.9. The topological polar surface area (TPSA) is 75.9 Å². The van der Waals surface area contributed by atoms with Crippen molar-refractivity contribution in [3.63, 3.8) is 0 Å². The highest BCUT2D eigenvalue weighted by Crippen LogP contribution is 2.28. The Labute approximate surface area is 183 Å². The molecule has 1 heterocycles. The largest absolute Gasteiger partial charge is 0.469 e. The highest BCUT2D eigenvalue weighted by atomic mass is 16.6. The zero-order valence-corrected chi connectivity index (χ0v) is 18.3. The van der Waals surface area contributed by atoms with Crippen molar-refractivity contribution in [1.29, 1.82) is 0 Å². The summed E-state index contributed by atoms with van der Waals surface area (Å²) in [5.74, 6) is -0.958. The maximum atomic E-state index is 12.5. The number of hydrogen-bond acceptors (Lipinski definition) is 6. The molecule has 1 aliphatic rings. The van der Waals surface area contributed by atoms with Gasteiger partial charge >= 0.3 is 5.97 Å². The summed E-state index contributed by atoms with van der Waals surface area (Å²) in [4.78, 5) is 28.7. The minimum Gasteiger partial charge on any atom is -0.469 e. The number of rotatable bonds is 8. The van der Waals surface area contributed by atoms with Gasteiger partial charge in [-0.15, -0.1) is 0 Å². The van der Waals surface area contributed by atoms with Gasteiger partial charge in [0, 0.05) is 37.5 Å². The fourth-order valence-electron chi connectivity index (χ4n) is 4.45. The molecule has 0 spiro atoms. The SMILES string of the molecule is COC(=O)C(C)CC1([N+](=O)[O-])CN(Cc2ccccc2)CCN(Cc2ccccc2)C1. The molecule has 31 heavy (non-hydrogen) atoms. The number of methoxy groups -OCH3 is 1. The summed E-state index contributed by atoms with van der Waals surface area (Å²) < 4.78 is 4.87. The van der Waals surface area contributed by atoms with Crippen LogP contribution in [0, 0.1) is 16.0 Å². The molecule has 0 aromatic heterocycles. The number of carbonyl (C=O) groups excluding carboxylic acids is 1. The first-order chi connectivity index (χ1) is 14.9. The molecule has 0 radical (unpaired) electrons. The third-order valence-corrected chi connectivity index (χ3v) is 5.94. The van der Waals surface area contributed by atoms with E-state index >= 15 is 0 Å². The Balaban J connectivity index is 1.87. The smallest absolute Gasteiger partial charge is 0.308 e. The minimum atomic E-state index is -1.26. The van der Waals surface area contributed by atoms with Gasteiger partial charge < -0.3 is 4.74 Å². The quantitative estimate of drug-likeness (QED) is 0.367. The Morgan fingerprint density at radius 2 is 1.45 bits per heavy atom. The van der Waals surface area contributed by atoms with Crippen molar-refractivity contribution in [2.75, 3.05) is 33.3 Å². The Bertz CT molecular complexity index is 808. The number of nitro groups is 1. The summed E-state index contributed by atoms with van der Waals surface area (Å²) >= 11 is 0. The van der Waals surface area contributed by atoms with E-state index in [1.54, 1.807) is 6.92 Å². The lowest BCUT2D eigenvalue weighted by Crippen LogP contribution is -2.54. The van der Waals surface area contributed by atoms with Gasteiger partial charge in [0.1, 0.15) is 0 Å². The highest BCUT2D eigenvalue weighted by Gasteiger charge is 2.49. The van der Waals surface area contributed by atoms with Crippen molar-refractivity contribution in [3.05, 3.63) is 81.9 Å². The summed E-state index contributed by atoms with van der Waals surface area (Å²) in [7, 11) is 1.33. The molecule has 1 atom stereocenters. The number of ether oxygens (including phenoxy) is 1. The summed E-state index contributed by atoms with van der Waals surface area (Å²) in [5, 5.41) is 12.5. The third kappa shape index (κ3) is 6.12. The Morgan fingerprint density at radius 3 is 1.84 bits per heavy atom. The van der Waals surface area contributed by atoms with Gasteiger partial charge in [0.25, 0.3) is 0 Å². The molecule has 0 saturated carbocycles. The zero-order valence-electron chi connectivity index (χ0n) is 18.3. The normalized spacial score (nSPS) is 18.1. The van der Waals surface area contributed by atoms with Crippen molar-refractivity contribution in [3.8, 4) is 0 Å². The van der Waals surface area contributed by atoms with Gasteiger partial charge in [0.2, 0.25) is 5.54 Å². The van der Waals surface area contributed by atoms with Crippen molar-refractivity contribution < 1.29 is 14.5 Å². The second kappa shape index (κ2) is 10.5. The van der Waals surface area contributed by atoms with Crippen LogP contribution < -0.4 is 0 Å². The first-order valence-electron chi connectivity index (χ1n) is 10.7. The lowest BCUT2D eigenvalue weighted by atomic mass is 9.87. The molecule has 0 aliphatic carbocycles. The van der Waals surface area contributed by atoms with E-state index in [0.29, 0.717) is 26.2 Å². The van der Waals surface area contributed by atoms with Crippen LogP contribution in [0.5, 0.6) is 0 Å². The molecule has 1 saturated heterocycles. The summed E-state index contributed by atoms with van der Waals surface area (Å²) in [6, 6.07) is 20.0. The average molecular weight is 426 g/mol. The fraction of sp³-hybridized carbons (Fsp3) is 0.458. The van der Waals surface area contributed by atoms with Gasteiger partial charge in [-0.2, -0.15) is 0 Å². The van der Waals surface area contributed by atoms with E-state index in [1.165, 1.54) is 7.11 Å². The number of benzene rings is 2. The van der Waals surface area contributed by atoms with E-state index < -0.39 is 17.4 Å². The molecule has 0 N–H and O–H groups in total. The molecular weight excluding hydrogens is 394 g/mol. The molecule has 2 aromatic carbocycles. The van der Waals surface area contributed by atoms with Crippen LogP contribution in [0.3, 0.4) is 0 Å². The van der Waals surface area contributed by atoms with Gasteiger partial charge in [-0.05, 0) is 11.1 Å². The van der Waals surface area contributed by atoms with Crippen molar-refractivity contribution in [1.82, 2.24) is 9.80 Å². The van der Waals surface area contributed by atoms with Gasteiger partial charge in [0.05, 0.1) is 26.1 Å². The van der Waals surface area contributed by atoms with Crippen LogP contribution in [0.15, 0.2) is 60.7 Å². The van der Waals surface area contributed by atoms with E-state index in [4.69, 9.17) is 4.74 Å². The Kier molecular flexibility index (Phi) is 7.76. The number of carbonyl (C=O) groups is 1. The van der Waals surface area contributed by atoms with Crippen LogP contribution in [0.2, 0.25) is 0 Å². The van der Waals surface area contributed by atoms with E-state index in [2.05, 4.69) is 9.80 Å². The second-order valence-corrected chi connectivity index (χ2v) is 8.50. The predicted octanol–water partition coefficient (Wildman–Crippen LogP) is 3.22. The van der Waals surface area contributed by atoms with Gasteiger partial charge in [-0.25, -0.2) is 0 Å². The maximum absolute atomic E-state index is 12.5. The molecule has 3 rings (SSSR count). The van der Waals surface area contributed by atoms with E-state index in [1.807, 2.05) is 60.7 Å². The maximum Gasteiger partial charge on any atom is 0.308 e. The zero-order chi connectivity index (χ0) is 22.3. The van der Waals surface area contributed by atoms with Crippen molar-refractivity contribution in [2.24, 2.45) is 5.92 Å². The van der Waals surface area contributed by atoms with E-state index in [-0.39, 0.29) is 11.3 Å². The predicted molar refractivity (Wildman–Crippen MR) is 119 cm³/mol. The van der Waals surface area contributed by atoms with Gasteiger partial charge in [-0.3, -0.25) is 24.7 Å². The monoisotopic (exact) mass is 425 g/mol. The standard InChI is InChI=1S/C24H31N3O4/c1-20(23(28)31-2)15-24(27(29)30)18-25(16-21-9-5-3-6-10-21)13-14-26(19-24)17-22-11-7-4-8-12-22/h3-12,20H,13-19H2,1-2H3. The summed E-state index contributed by atoms with van der Waals surface area (Å²) in [6.45, 7) is 5.03. The van der Waals surface area contributed by atoms with Crippen LogP contribution >= 0.6 is 0 Å². The number of hydrogen-bond donors (Lipinski definition) is 0. The Morgan fingerprint density at radius 1 is 1.00 bits per heavy atom. The molecule has 0 bridgehead atoms. The second-order valence-electron chi connectivity index (χ2n) is 8.50. The van der Waals surface area contributed by atoms with Crippen molar-refractivity contribution >= 4 is 5.97 Å². The first-order valence-corrected chi connectivity index (χ1v) is 10.7. The van der Waals surface area contributed by atoms with E-state index in [9.17, 15) is 14.9 Å². The van der Waals surface area contributed by atoms with Crippen LogP contribution in [-0.4, -0.2) is 59.5 Å². The molecule has 2 aromatic rings. The minimum absolute atomic E-state index is 0.142. The van der Waals surface area contributed by atoms with Gasteiger partial charge in [-0.1, -0.05) is 67.6 Å². The molecule has 1 unspecified atom stereocenters. The summed E-state index contributed by atoms with van der Waals surface area (Å²) in [5.41, 5.74) is 0.989. The van der Waals surface area contributed by atoms with Crippen LogP contribution in [0.25, 0.3) is 0 Å².